The molecule has 1 N–H and O–H groups in total. The molecular formula is C16H21N7O. The number of carbonyl (C=O) groups is 1. The third-order valence-corrected chi connectivity index (χ3v) is 4.65. The Balaban J connectivity index is 1.43. The lowest BCUT2D eigenvalue weighted by Crippen LogP contribution is -2.48. The molecule has 2 aliphatic rings. The second kappa shape index (κ2) is 6.54. The molecular weight excluding hydrogens is 306 g/mol. The van der Waals surface area contributed by atoms with Crippen molar-refractivity contribution >= 4 is 11.9 Å². The first-order valence-corrected chi connectivity index (χ1v) is 8.56. The molecule has 0 bridgehead atoms. The Morgan fingerprint density at radius 1 is 1.12 bits per heavy atom. The van der Waals surface area contributed by atoms with Gasteiger partial charge in [-0.25, -0.2) is 9.97 Å². The summed E-state index contributed by atoms with van der Waals surface area (Å²) >= 11 is 0. The van der Waals surface area contributed by atoms with Crippen LogP contribution in [0.3, 0.4) is 0 Å². The van der Waals surface area contributed by atoms with E-state index in [0.29, 0.717) is 5.82 Å². The van der Waals surface area contributed by atoms with Crippen molar-refractivity contribution in [3.63, 3.8) is 0 Å². The van der Waals surface area contributed by atoms with E-state index in [0.717, 1.165) is 63.5 Å². The van der Waals surface area contributed by atoms with E-state index in [1.807, 2.05) is 4.57 Å². The predicted molar refractivity (Wildman–Crippen MR) is 87.7 cm³/mol. The summed E-state index contributed by atoms with van der Waals surface area (Å²) in [6.07, 6.45) is 8.54. The topological polar surface area (TPSA) is 88.8 Å². The minimum atomic E-state index is -0.128. The molecule has 1 atom stereocenters. The van der Waals surface area contributed by atoms with Crippen LogP contribution in [0.5, 0.6) is 0 Å². The molecule has 2 aromatic rings. The first kappa shape index (κ1) is 15.0. The molecule has 1 fully saturated rings. The quantitative estimate of drug-likeness (QED) is 0.897. The highest BCUT2D eigenvalue weighted by atomic mass is 16.2. The fourth-order valence-corrected chi connectivity index (χ4v) is 3.46. The summed E-state index contributed by atoms with van der Waals surface area (Å²) < 4.78 is 1.96. The van der Waals surface area contributed by atoms with Crippen molar-refractivity contribution in [1.29, 1.82) is 0 Å². The fraction of sp³-hybridized carbons (Fsp3) is 0.562. The van der Waals surface area contributed by atoms with Crippen LogP contribution in [0, 0.1) is 0 Å². The summed E-state index contributed by atoms with van der Waals surface area (Å²) in [4.78, 5) is 23.3. The third-order valence-electron chi connectivity index (χ3n) is 4.65. The molecule has 24 heavy (non-hydrogen) atoms. The molecule has 126 valence electrons. The van der Waals surface area contributed by atoms with Gasteiger partial charge in [-0.2, -0.15) is 0 Å². The Morgan fingerprint density at radius 3 is 2.88 bits per heavy atom. The van der Waals surface area contributed by atoms with E-state index in [-0.39, 0.29) is 11.9 Å². The zero-order valence-electron chi connectivity index (χ0n) is 13.6. The van der Waals surface area contributed by atoms with Crippen molar-refractivity contribution in [2.24, 2.45) is 0 Å². The lowest BCUT2D eigenvalue weighted by molar-refractivity contribution is 0.0916. The maximum Gasteiger partial charge on any atom is 0.289 e. The molecule has 2 aromatic heterocycles. The number of rotatable bonds is 3. The maximum atomic E-state index is 12.6. The van der Waals surface area contributed by atoms with Gasteiger partial charge in [0.1, 0.15) is 5.82 Å². The molecule has 1 saturated heterocycles. The van der Waals surface area contributed by atoms with E-state index in [4.69, 9.17) is 0 Å². The van der Waals surface area contributed by atoms with E-state index in [1.165, 1.54) is 0 Å². The van der Waals surface area contributed by atoms with Crippen LogP contribution < -0.4 is 10.2 Å². The summed E-state index contributed by atoms with van der Waals surface area (Å²) in [5.74, 6) is 1.96. The summed E-state index contributed by atoms with van der Waals surface area (Å²) in [5, 5.41) is 11.4. The van der Waals surface area contributed by atoms with Gasteiger partial charge in [0.2, 0.25) is 11.8 Å². The number of aryl methyl sites for hydroxylation is 1. The van der Waals surface area contributed by atoms with Crippen molar-refractivity contribution in [1.82, 2.24) is 30.0 Å². The van der Waals surface area contributed by atoms with Gasteiger partial charge in [-0.15, -0.1) is 10.2 Å². The number of fused-ring (bicyclic) bond motifs is 1. The van der Waals surface area contributed by atoms with Gasteiger partial charge < -0.3 is 14.8 Å². The van der Waals surface area contributed by atoms with Gasteiger partial charge in [-0.1, -0.05) is 0 Å². The molecule has 4 heterocycles. The second-order valence-electron chi connectivity index (χ2n) is 6.36. The number of amides is 1. The average Bonchev–Trinajstić information content (AvgIpc) is 3.07. The summed E-state index contributed by atoms with van der Waals surface area (Å²) in [5.41, 5.74) is 0. The summed E-state index contributed by atoms with van der Waals surface area (Å²) in [6.45, 7) is 2.47. The van der Waals surface area contributed by atoms with Crippen molar-refractivity contribution in [2.45, 2.75) is 44.7 Å². The van der Waals surface area contributed by atoms with E-state index in [9.17, 15) is 4.79 Å². The molecule has 1 unspecified atom stereocenters. The Hall–Kier alpha value is -2.51. The first-order valence-electron chi connectivity index (χ1n) is 8.56. The fourth-order valence-electron chi connectivity index (χ4n) is 3.46. The zero-order valence-corrected chi connectivity index (χ0v) is 13.6. The largest absolute Gasteiger partial charge is 0.345 e. The lowest BCUT2D eigenvalue weighted by Gasteiger charge is -2.33. The number of anilines is 1. The highest BCUT2D eigenvalue weighted by Gasteiger charge is 2.26. The normalized spacial score (nSPS) is 20.5. The van der Waals surface area contributed by atoms with Gasteiger partial charge in [0.25, 0.3) is 5.91 Å². The molecule has 0 spiro atoms. The zero-order chi connectivity index (χ0) is 16.4. The van der Waals surface area contributed by atoms with Crippen molar-refractivity contribution in [3.05, 3.63) is 30.1 Å². The SMILES string of the molecule is O=C(NC1CCCN(c2ncccn2)C1)c1nnc2n1CCCC2. The van der Waals surface area contributed by atoms with E-state index in [1.54, 1.807) is 18.5 Å². The number of carbonyl (C=O) groups excluding carboxylic acids is 1. The number of hydrogen-bond donors (Lipinski definition) is 1. The third kappa shape index (κ3) is 2.95. The molecule has 4 rings (SSSR count). The monoisotopic (exact) mass is 327 g/mol. The molecule has 2 aliphatic heterocycles. The van der Waals surface area contributed by atoms with Crippen LogP contribution in [0.1, 0.15) is 42.1 Å². The number of nitrogens with zero attached hydrogens (tertiary/aromatic N) is 6. The van der Waals surface area contributed by atoms with Crippen molar-refractivity contribution in [2.75, 3.05) is 18.0 Å². The van der Waals surface area contributed by atoms with Gasteiger partial charge in [-0.05, 0) is 31.7 Å². The van der Waals surface area contributed by atoms with Gasteiger partial charge in [0.05, 0.1) is 0 Å². The van der Waals surface area contributed by atoms with E-state index >= 15 is 0 Å². The Morgan fingerprint density at radius 2 is 2.00 bits per heavy atom. The molecule has 0 aliphatic carbocycles. The van der Waals surface area contributed by atoms with Crippen LogP contribution in [0.2, 0.25) is 0 Å². The summed E-state index contributed by atoms with van der Waals surface area (Å²) in [6, 6.07) is 1.88. The van der Waals surface area contributed by atoms with Gasteiger partial charge in [0, 0.05) is 44.5 Å². The molecule has 8 heteroatoms. The van der Waals surface area contributed by atoms with Crippen LogP contribution in [0.25, 0.3) is 0 Å². The second-order valence-corrected chi connectivity index (χ2v) is 6.36. The Bertz CT molecular complexity index is 714. The van der Waals surface area contributed by atoms with Crippen LogP contribution in [-0.4, -0.2) is 49.8 Å². The highest BCUT2D eigenvalue weighted by molar-refractivity contribution is 5.91. The number of aromatic nitrogens is 5. The summed E-state index contributed by atoms with van der Waals surface area (Å²) in [7, 11) is 0. The highest BCUT2D eigenvalue weighted by Crippen LogP contribution is 2.17. The maximum absolute atomic E-state index is 12.6. The predicted octanol–water partition coefficient (Wildman–Crippen LogP) is 0.803. The molecule has 1 amide bonds. The van der Waals surface area contributed by atoms with E-state index in [2.05, 4.69) is 30.4 Å². The number of nitrogens with one attached hydrogen (secondary N) is 1. The standard InChI is InChI=1S/C16H21N7O/c24-15(14-21-20-13-6-1-2-10-23(13)14)19-12-5-3-9-22(11-12)16-17-7-4-8-18-16/h4,7-8,12H,1-3,5-6,9-11H2,(H,19,24). The van der Waals surface area contributed by atoms with Crippen LogP contribution in [0.4, 0.5) is 5.95 Å². The minimum Gasteiger partial charge on any atom is -0.345 e. The van der Waals surface area contributed by atoms with Crippen LogP contribution >= 0.6 is 0 Å². The number of piperidine rings is 1. The van der Waals surface area contributed by atoms with Gasteiger partial charge in [-0.3, -0.25) is 4.79 Å². The first-order chi connectivity index (χ1) is 11.8. The molecule has 0 saturated carbocycles. The number of hydrogen-bond acceptors (Lipinski definition) is 6. The van der Waals surface area contributed by atoms with E-state index < -0.39 is 0 Å². The molecule has 0 radical (unpaired) electrons. The molecule has 8 nitrogen and oxygen atoms in total. The van der Waals surface area contributed by atoms with Crippen molar-refractivity contribution < 1.29 is 4.79 Å². The molecule has 0 aromatic carbocycles. The van der Waals surface area contributed by atoms with Crippen molar-refractivity contribution in [3.8, 4) is 0 Å². The van der Waals surface area contributed by atoms with Crippen LogP contribution in [0.15, 0.2) is 18.5 Å². The average molecular weight is 327 g/mol. The smallest absolute Gasteiger partial charge is 0.289 e. The lowest BCUT2D eigenvalue weighted by atomic mass is 10.1. The van der Waals surface area contributed by atoms with Gasteiger partial charge >= 0.3 is 0 Å². The van der Waals surface area contributed by atoms with Gasteiger partial charge in [0.15, 0.2) is 0 Å². The Kier molecular flexibility index (Phi) is 4.10. The minimum absolute atomic E-state index is 0.0756. The van der Waals surface area contributed by atoms with Crippen LogP contribution in [-0.2, 0) is 13.0 Å². The Labute approximate surface area is 140 Å².